The van der Waals surface area contributed by atoms with E-state index < -0.39 is 0 Å². The number of anilines is 1. The van der Waals surface area contributed by atoms with Crippen LogP contribution < -0.4 is 11.1 Å². The van der Waals surface area contributed by atoms with Crippen LogP contribution in [0, 0.1) is 0 Å². The highest BCUT2D eigenvalue weighted by Gasteiger charge is 2.19. The largest absolute Gasteiger partial charge is 0.398 e. The number of benzene rings is 1. The van der Waals surface area contributed by atoms with Crippen molar-refractivity contribution in [2.75, 3.05) is 5.73 Å². The predicted octanol–water partition coefficient (Wildman–Crippen LogP) is 4.12. The number of thiol groups is 1. The summed E-state index contributed by atoms with van der Waals surface area (Å²) >= 11 is 11.5. The minimum Gasteiger partial charge on any atom is -0.398 e. The first-order valence-electron chi connectivity index (χ1n) is 6.21. The topological polar surface area (TPSA) is 38.0 Å². The van der Waals surface area contributed by atoms with E-state index in [1.165, 1.54) is 19.3 Å². The molecule has 0 radical (unpaired) electrons. The van der Waals surface area contributed by atoms with Crippen LogP contribution in [0.2, 0.25) is 0 Å². The lowest BCUT2D eigenvalue weighted by Crippen LogP contribution is -2.34. The normalized spacial score (nSPS) is 24.2. The van der Waals surface area contributed by atoms with Gasteiger partial charge in [0.25, 0.3) is 0 Å². The fourth-order valence-electron chi connectivity index (χ4n) is 2.39. The summed E-state index contributed by atoms with van der Waals surface area (Å²) in [7, 11) is 0. The monoisotopic (exact) mass is 392 g/mol. The van der Waals surface area contributed by atoms with E-state index >= 15 is 0 Å². The Balaban J connectivity index is 1.97. The van der Waals surface area contributed by atoms with E-state index in [1.54, 1.807) is 0 Å². The van der Waals surface area contributed by atoms with Crippen molar-refractivity contribution >= 4 is 50.2 Å². The van der Waals surface area contributed by atoms with Gasteiger partial charge in [0.15, 0.2) is 0 Å². The summed E-state index contributed by atoms with van der Waals surface area (Å²) in [6.07, 6.45) is 4.90. The molecular formula is C13H18Br2N2S. The molecule has 2 atom stereocenters. The smallest absolute Gasteiger partial charge is 0.0504 e. The zero-order chi connectivity index (χ0) is 13.1. The van der Waals surface area contributed by atoms with E-state index in [0.29, 0.717) is 11.3 Å². The number of halogens is 2. The zero-order valence-corrected chi connectivity index (χ0v) is 14.2. The van der Waals surface area contributed by atoms with Crippen LogP contribution in [0.1, 0.15) is 31.2 Å². The molecule has 2 rings (SSSR count). The van der Waals surface area contributed by atoms with Gasteiger partial charge >= 0.3 is 0 Å². The van der Waals surface area contributed by atoms with Gasteiger partial charge in [-0.05, 0) is 52.9 Å². The summed E-state index contributed by atoms with van der Waals surface area (Å²) in [5.74, 6) is 0. The van der Waals surface area contributed by atoms with Gasteiger partial charge in [0.05, 0.1) is 5.69 Å². The molecule has 3 N–H and O–H groups in total. The molecule has 1 saturated carbocycles. The molecule has 100 valence electrons. The van der Waals surface area contributed by atoms with E-state index in [2.05, 4.69) is 55.9 Å². The number of hydrogen-bond donors (Lipinski definition) is 3. The van der Waals surface area contributed by atoms with E-state index in [4.69, 9.17) is 5.73 Å². The Morgan fingerprint density at radius 1 is 1.33 bits per heavy atom. The number of nitrogens with one attached hydrogen (secondary N) is 1. The van der Waals surface area contributed by atoms with E-state index in [0.717, 1.165) is 33.2 Å². The van der Waals surface area contributed by atoms with Crippen LogP contribution in [0.4, 0.5) is 5.69 Å². The van der Waals surface area contributed by atoms with Crippen molar-refractivity contribution in [3.05, 3.63) is 26.6 Å². The van der Waals surface area contributed by atoms with Gasteiger partial charge in [-0.1, -0.05) is 22.4 Å². The third-order valence-corrected chi connectivity index (χ3v) is 4.99. The lowest BCUT2D eigenvalue weighted by molar-refractivity contribution is 0.381. The maximum absolute atomic E-state index is 6.07. The van der Waals surface area contributed by atoms with Crippen LogP contribution in [0.5, 0.6) is 0 Å². The molecule has 2 nitrogen and oxygen atoms in total. The lowest BCUT2D eigenvalue weighted by Gasteiger charge is -2.27. The number of nitrogen functional groups attached to an aromatic ring is 1. The van der Waals surface area contributed by atoms with Crippen molar-refractivity contribution in [2.24, 2.45) is 0 Å². The number of rotatable bonds is 3. The van der Waals surface area contributed by atoms with Crippen LogP contribution >= 0.6 is 44.5 Å². The summed E-state index contributed by atoms with van der Waals surface area (Å²) in [4.78, 5) is 0. The zero-order valence-electron chi connectivity index (χ0n) is 10.1. The van der Waals surface area contributed by atoms with E-state index in [1.807, 2.05) is 6.07 Å². The van der Waals surface area contributed by atoms with Gasteiger partial charge in [-0.3, -0.25) is 0 Å². The van der Waals surface area contributed by atoms with Crippen LogP contribution in [-0.4, -0.2) is 11.3 Å². The van der Waals surface area contributed by atoms with E-state index in [-0.39, 0.29) is 0 Å². The molecule has 1 aliphatic carbocycles. The molecule has 0 aliphatic heterocycles. The highest BCUT2D eigenvalue weighted by atomic mass is 79.9. The molecule has 18 heavy (non-hydrogen) atoms. The average molecular weight is 394 g/mol. The second-order valence-electron chi connectivity index (χ2n) is 4.86. The number of nitrogens with two attached hydrogens (primary N) is 1. The molecular weight excluding hydrogens is 376 g/mol. The maximum Gasteiger partial charge on any atom is 0.0504 e. The van der Waals surface area contributed by atoms with Crippen molar-refractivity contribution in [1.29, 1.82) is 0 Å². The van der Waals surface area contributed by atoms with Gasteiger partial charge in [-0.25, -0.2) is 0 Å². The minimum absolute atomic E-state index is 0.544. The third-order valence-electron chi connectivity index (χ3n) is 3.41. The summed E-state index contributed by atoms with van der Waals surface area (Å²) in [6, 6.07) is 4.62. The SMILES string of the molecule is Nc1c(Br)cc(Br)cc1CN[C@@H]1CCC[C@H](S)C1. The Morgan fingerprint density at radius 3 is 2.83 bits per heavy atom. The van der Waals surface area contributed by atoms with Crippen LogP contribution in [0.15, 0.2) is 21.1 Å². The summed E-state index contributed by atoms with van der Waals surface area (Å²) in [5, 5.41) is 4.14. The maximum atomic E-state index is 6.07. The minimum atomic E-state index is 0.544. The average Bonchev–Trinajstić information content (AvgIpc) is 2.32. The molecule has 0 bridgehead atoms. The van der Waals surface area contributed by atoms with Gasteiger partial charge in [0, 0.05) is 26.8 Å². The second-order valence-corrected chi connectivity index (χ2v) is 7.36. The summed E-state index contributed by atoms with van der Waals surface area (Å²) in [6.45, 7) is 0.815. The first-order valence-corrected chi connectivity index (χ1v) is 8.31. The molecule has 0 saturated heterocycles. The van der Waals surface area contributed by atoms with Crippen molar-refractivity contribution in [3.8, 4) is 0 Å². The van der Waals surface area contributed by atoms with E-state index in [9.17, 15) is 0 Å². The molecule has 0 amide bonds. The van der Waals surface area contributed by atoms with Crippen LogP contribution in [0.3, 0.4) is 0 Å². The Morgan fingerprint density at radius 2 is 2.11 bits per heavy atom. The molecule has 1 aromatic carbocycles. The number of hydrogen-bond acceptors (Lipinski definition) is 3. The van der Waals surface area contributed by atoms with Crippen LogP contribution in [-0.2, 0) is 6.54 Å². The standard InChI is InChI=1S/C13H18Br2N2S/c14-9-4-8(13(16)12(15)5-9)7-17-10-2-1-3-11(18)6-10/h4-5,10-11,17-18H,1-3,6-7,16H2/t10-,11+/m1/s1. The predicted molar refractivity (Wildman–Crippen MR) is 88.1 cm³/mol. The second kappa shape index (κ2) is 6.64. The van der Waals surface area contributed by atoms with Crippen molar-refractivity contribution in [1.82, 2.24) is 5.32 Å². The highest BCUT2D eigenvalue weighted by Crippen LogP contribution is 2.29. The summed E-state index contributed by atoms with van der Waals surface area (Å²) < 4.78 is 2.00. The molecule has 0 heterocycles. The fourth-order valence-corrected chi connectivity index (χ4v) is 4.14. The molecule has 1 aromatic rings. The van der Waals surface area contributed by atoms with Gasteiger partial charge in [-0.2, -0.15) is 12.6 Å². The molecule has 0 spiro atoms. The molecule has 1 aliphatic rings. The molecule has 1 fully saturated rings. The Labute approximate surface area is 131 Å². The van der Waals surface area contributed by atoms with Crippen molar-refractivity contribution < 1.29 is 0 Å². The first-order chi connectivity index (χ1) is 8.56. The van der Waals surface area contributed by atoms with Crippen molar-refractivity contribution in [2.45, 2.75) is 43.5 Å². The first kappa shape index (κ1) is 14.7. The van der Waals surface area contributed by atoms with Gasteiger partial charge in [0.1, 0.15) is 0 Å². The highest BCUT2D eigenvalue weighted by molar-refractivity contribution is 9.11. The van der Waals surface area contributed by atoms with Gasteiger partial charge in [-0.15, -0.1) is 0 Å². The van der Waals surface area contributed by atoms with Crippen molar-refractivity contribution in [3.63, 3.8) is 0 Å². The molecule has 5 heteroatoms. The lowest BCUT2D eigenvalue weighted by atomic mass is 9.95. The Hall–Kier alpha value is 0.290. The Bertz CT molecular complexity index is 426. The van der Waals surface area contributed by atoms with Crippen LogP contribution in [0.25, 0.3) is 0 Å². The summed E-state index contributed by atoms with van der Waals surface area (Å²) in [5.41, 5.74) is 8.03. The van der Waals surface area contributed by atoms with Gasteiger partial charge in [0.2, 0.25) is 0 Å². The third kappa shape index (κ3) is 3.89. The Kier molecular flexibility index (Phi) is 5.42. The molecule has 0 aromatic heterocycles. The fraction of sp³-hybridized carbons (Fsp3) is 0.538. The van der Waals surface area contributed by atoms with Gasteiger partial charge < -0.3 is 11.1 Å². The molecule has 0 unspecified atom stereocenters. The quantitative estimate of drug-likeness (QED) is 0.533.